The largest absolute Gasteiger partial charge is 0.489 e. The summed E-state index contributed by atoms with van der Waals surface area (Å²) in [6, 6.07) is 17.6. The number of carbonyl (C=O) groups excluding carboxylic acids is 1. The molecule has 0 bridgehead atoms. The van der Waals surface area contributed by atoms with Gasteiger partial charge in [-0.25, -0.2) is 0 Å². The van der Waals surface area contributed by atoms with E-state index in [1.165, 1.54) is 0 Å². The standard InChI is InChI=1S/C22H21N3O3/c1-14-19(15(2)28-25-14)12-23-22(26)21-10-17-8-9-18(11-20(17)24-21)27-13-16-6-4-3-5-7-16/h3-11,24H,12-13H2,1-2H3,(H,23,26). The molecule has 4 aromatic rings. The lowest BCUT2D eigenvalue weighted by atomic mass is 10.2. The molecule has 2 heterocycles. The van der Waals surface area contributed by atoms with E-state index in [1.807, 2.05) is 68.4 Å². The Kier molecular flexibility index (Phi) is 4.85. The van der Waals surface area contributed by atoms with Crippen LogP contribution in [0.25, 0.3) is 10.9 Å². The second kappa shape index (κ2) is 7.60. The lowest BCUT2D eigenvalue weighted by Crippen LogP contribution is -2.23. The van der Waals surface area contributed by atoms with Gasteiger partial charge in [-0.1, -0.05) is 35.5 Å². The number of ether oxygens (including phenoxy) is 1. The molecule has 0 radical (unpaired) electrons. The van der Waals surface area contributed by atoms with Crippen molar-refractivity contribution in [2.24, 2.45) is 0 Å². The number of hydrogen-bond acceptors (Lipinski definition) is 4. The normalized spacial score (nSPS) is 10.9. The molecule has 6 heteroatoms. The second-order valence-corrected chi connectivity index (χ2v) is 6.69. The van der Waals surface area contributed by atoms with Crippen LogP contribution in [0.3, 0.4) is 0 Å². The number of nitrogens with one attached hydrogen (secondary N) is 2. The van der Waals surface area contributed by atoms with Gasteiger partial charge in [-0.05, 0) is 37.6 Å². The third-order valence-corrected chi connectivity index (χ3v) is 4.69. The number of hydrogen-bond donors (Lipinski definition) is 2. The Morgan fingerprint density at radius 1 is 1.14 bits per heavy atom. The predicted molar refractivity (Wildman–Crippen MR) is 106 cm³/mol. The quantitative estimate of drug-likeness (QED) is 0.527. The fourth-order valence-electron chi connectivity index (χ4n) is 3.08. The molecule has 0 saturated carbocycles. The molecular weight excluding hydrogens is 354 g/mol. The minimum Gasteiger partial charge on any atom is -0.489 e. The smallest absolute Gasteiger partial charge is 0.267 e. The van der Waals surface area contributed by atoms with Crippen LogP contribution in [0.4, 0.5) is 0 Å². The molecule has 2 aromatic carbocycles. The molecule has 0 unspecified atom stereocenters. The Morgan fingerprint density at radius 3 is 2.71 bits per heavy atom. The Morgan fingerprint density at radius 2 is 1.96 bits per heavy atom. The number of aromatic nitrogens is 2. The van der Waals surface area contributed by atoms with Crippen molar-refractivity contribution >= 4 is 16.8 Å². The number of aryl methyl sites for hydroxylation is 2. The number of nitrogens with zero attached hydrogens (tertiary/aromatic N) is 1. The maximum atomic E-state index is 12.5. The SMILES string of the molecule is Cc1noc(C)c1CNC(=O)c1cc2ccc(OCc3ccccc3)cc2[nH]1. The van der Waals surface area contributed by atoms with Gasteiger partial charge < -0.3 is 19.6 Å². The van der Waals surface area contributed by atoms with Gasteiger partial charge in [0.25, 0.3) is 5.91 Å². The van der Waals surface area contributed by atoms with Crippen molar-refractivity contribution < 1.29 is 14.1 Å². The summed E-state index contributed by atoms with van der Waals surface area (Å²) in [5, 5.41) is 7.76. The average molecular weight is 375 g/mol. The van der Waals surface area contributed by atoms with E-state index in [-0.39, 0.29) is 5.91 Å². The lowest BCUT2D eigenvalue weighted by molar-refractivity contribution is 0.0946. The van der Waals surface area contributed by atoms with Gasteiger partial charge >= 0.3 is 0 Å². The summed E-state index contributed by atoms with van der Waals surface area (Å²) >= 11 is 0. The van der Waals surface area contributed by atoms with Gasteiger partial charge in [0.15, 0.2) is 0 Å². The highest BCUT2D eigenvalue weighted by molar-refractivity contribution is 5.98. The Hall–Kier alpha value is -3.54. The molecule has 0 aliphatic heterocycles. The molecule has 0 atom stereocenters. The molecule has 0 spiro atoms. The van der Waals surface area contributed by atoms with Crippen LogP contribution in [0.2, 0.25) is 0 Å². The highest BCUT2D eigenvalue weighted by Gasteiger charge is 2.13. The van der Waals surface area contributed by atoms with Gasteiger partial charge in [0.05, 0.1) is 5.69 Å². The van der Waals surface area contributed by atoms with Gasteiger partial charge in [0, 0.05) is 29.1 Å². The minimum absolute atomic E-state index is 0.178. The summed E-state index contributed by atoms with van der Waals surface area (Å²) in [5.74, 6) is 1.29. The molecule has 28 heavy (non-hydrogen) atoms. The number of fused-ring (bicyclic) bond motifs is 1. The molecule has 0 saturated heterocycles. The van der Waals surface area contributed by atoms with Crippen LogP contribution in [0.5, 0.6) is 5.75 Å². The van der Waals surface area contributed by atoms with Crippen molar-refractivity contribution in [2.75, 3.05) is 0 Å². The van der Waals surface area contributed by atoms with Crippen LogP contribution < -0.4 is 10.1 Å². The van der Waals surface area contributed by atoms with Crippen molar-refractivity contribution in [1.82, 2.24) is 15.5 Å². The van der Waals surface area contributed by atoms with Crippen molar-refractivity contribution in [1.29, 1.82) is 0 Å². The first kappa shape index (κ1) is 17.9. The third kappa shape index (κ3) is 3.76. The van der Waals surface area contributed by atoms with E-state index in [0.29, 0.717) is 18.8 Å². The Labute approximate surface area is 162 Å². The zero-order chi connectivity index (χ0) is 19.5. The summed E-state index contributed by atoms with van der Waals surface area (Å²) in [6.07, 6.45) is 0. The molecule has 0 fully saturated rings. The van der Waals surface area contributed by atoms with Crippen molar-refractivity contribution in [3.8, 4) is 5.75 Å². The number of benzene rings is 2. The van der Waals surface area contributed by atoms with Crippen molar-refractivity contribution in [3.05, 3.63) is 82.9 Å². The van der Waals surface area contributed by atoms with Gasteiger partial charge in [0.1, 0.15) is 23.8 Å². The van der Waals surface area contributed by atoms with Crippen LogP contribution in [0.1, 0.15) is 33.1 Å². The van der Waals surface area contributed by atoms with Gasteiger partial charge in [-0.2, -0.15) is 0 Å². The van der Waals surface area contributed by atoms with Gasteiger partial charge in [-0.3, -0.25) is 4.79 Å². The Balaban J connectivity index is 1.44. The number of aromatic amines is 1. The Bertz CT molecular complexity index is 1090. The highest BCUT2D eigenvalue weighted by Crippen LogP contribution is 2.22. The van der Waals surface area contributed by atoms with Gasteiger partial charge in [0.2, 0.25) is 0 Å². The molecule has 0 aliphatic rings. The van der Waals surface area contributed by atoms with E-state index in [2.05, 4.69) is 15.5 Å². The zero-order valence-electron chi connectivity index (χ0n) is 15.8. The molecule has 2 N–H and O–H groups in total. The van der Waals surface area contributed by atoms with E-state index >= 15 is 0 Å². The number of rotatable bonds is 6. The maximum Gasteiger partial charge on any atom is 0.267 e. The fourth-order valence-corrected chi connectivity index (χ4v) is 3.08. The van der Waals surface area contributed by atoms with Gasteiger partial charge in [-0.15, -0.1) is 0 Å². The maximum absolute atomic E-state index is 12.5. The van der Waals surface area contributed by atoms with E-state index in [9.17, 15) is 4.79 Å². The molecule has 142 valence electrons. The van der Waals surface area contributed by atoms with E-state index in [4.69, 9.17) is 9.26 Å². The lowest BCUT2D eigenvalue weighted by Gasteiger charge is -2.06. The zero-order valence-corrected chi connectivity index (χ0v) is 15.8. The summed E-state index contributed by atoms with van der Waals surface area (Å²) in [4.78, 5) is 15.7. The third-order valence-electron chi connectivity index (χ3n) is 4.69. The number of amides is 1. The molecular formula is C22H21N3O3. The fraction of sp³-hybridized carbons (Fsp3) is 0.182. The van der Waals surface area contributed by atoms with E-state index in [0.717, 1.165) is 39.2 Å². The molecule has 6 nitrogen and oxygen atoms in total. The molecule has 0 aliphatic carbocycles. The van der Waals surface area contributed by atoms with Crippen molar-refractivity contribution in [3.63, 3.8) is 0 Å². The van der Waals surface area contributed by atoms with E-state index in [1.54, 1.807) is 0 Å². The van der Waals surface area contributed by atoms with E-state index < -0.39 is 0 Å². The minimum atomic E-state index is -0.178. The summed E-state index contributed by atoms with van der Waals surface area (Å²) in [6.45, 7) is 4.57. The first-order chi connectivity index (χ1) is 13.6. The first-order valence-corrected chi connectivity index (χ1v) is 9.09. The predicted octanol–water partition coefficient (Wildman–Crippen LogP) is 4.28. The van der Waals surface area contributed by atoms with Crippen LogP contribution in [0, 0.1) is 13.8 Å². The number of H-pyrrole nitrogens is 1. The molecule has 1 amide bonds. The van der Waals surface area contributed by atoms with Crippen molar-refractivity contribution in [2.45, 2.75) is 27.0 Å². The second-order valence-electron chi connectivity index (χ2n) is 6.69. The summed E-state index contributed by atoms with van der Waals surface area (Å²) < 4.78 is 11.0. The summed E-state index contributed by atoms with van der Waals surface area (Å²) in [7, 11) is 0. The topological polar surface area (TPSA) is 80.2 Å². The summed E-state index contributed by atoms with van der Waals surface area (Å²) in [5.41, 5.74) is 4.15. The van der Waals surface area contributed by atoms with Crippen LogP contribution in [-0.2, 0) is 13.2 Å². The first-order valence-electron chi connectivity index (χ1n) is 9.09. The molecule has 2 aromatic heterocycles. The van der Waals surface area contributed by atoms with Crippen LogP contribution in [0.15, 0.2) is 59.1 Å². The van der Waals surface area contributed by atoms with Crippen LogP contribution in [-0.4, -0.2) is 16.0 Å². The highest BCUT2D eigenvalue weighted by atomic mass is 16.5. The average Bonchev–Trinajstić information content (AvgIpc) is 3.28. The monoisotopic (exact) mass is 375 g/mol. The molecule has 4 rings (SSSR count). The number of carbonyl (C=O) groups is 1. The van der Waals surface area contributed by atoms with Crippen LogP contribution >= 0.6 is 0 Å².